The van der Waals surface area contributed by atoms with Gasteiger partial charge in [0.2, 0.25) is 5.91 Å². The monoisotopic (exact) mass is 428 g/mol. The number of hydrogen-bond donors (Lipinski definition) is 2. The summed E-state index contributed by atoms with van der Waals surface area (Å²) in [4.78, 5) is 41.4. The van der Waals surface area contributed by atoms with Gasteiger partial charge in [-0.15, -0.1) is 0 Å². The minimum atomic E-state index is -0.820. The van der Waals surface area contributed by atoms with E-state index in [-0.39, 0.29) is 24.8 Å². The van der Waals surface area contributed by atoms with E-state index in [1.807, 2.05) is 18.2 Å². The summed E-state index contributed by atoms with van der Waals surface area (Å²) in [5, 5.41) is 5.68. The van der Waals surface area contributed by atoms with Crippen LogP contribution < -0.4 is 15.4 Å². The lowest BCUT2D eigenvalue weighted by molar-refractivity contribution is -0.131. The first kappa shape index (κ1) is 21.6. The molecule has 0 bridgehead atoms. The van der Waals surface area contributed by atoms with E-state index in [1.165, 1.54) is 38.8 Å². The summed E-state index contributed by atoms with van der Waals surface area (Å²) >= 11 is 0. The molecule has 8 nitrogen and oxygen atoms in total. The summed E-state index contributed by atoms with van der Waals surface area (Å²) < 4.78 is 5.31. The van der Waals surface area contributed by atoms with Crippen molar-refractivity contribution in [1.29, 1.82) is 0 Å². The second kappa shape index (κ2) is 9.68. The Morgan fingerprint density at radius 2 is 1.97 bits per heavy atom. The van der Waals surface area contributed by atoms with Gasteiger partial charge in [0.25, 0.3) is 5.91 Å². The van der Waals surface area contributed by atoms with Crippen LogP contribution in [0.4, 0.5) is 4.79 Å². The second-order valence-corrected chi connectivity index (χ2v) is 8.75. The molecule has 1 unspecified atom stereocenters. The molecule has 0 spiro atoms. The Balaban J connectivity index is 1.29. The number of methoxy groups -OCH3 is 1. The standard InChI is InChI=1S/C23H32N4O4/c1-31-20-10-3-2-7-17(20)15-27-22(29)18(25-23(27)30)13-21(28)24-14-16-8-6-12-26-11-5-4-9-19(16)26/h2-3,7,10,16,18-19H,4-6,8-9,11-15H2,1H3,(H,24,28)(H,25,30)/t16-,18?,19+/m0/s1. The van der Waals surface area contributed by atoms with Crippen molar-refractivity contribution in [1.82, 2.24) is 20.4 Å². The molecule has 4 amide bonds. The summed E-state index contributed by atoms with van der Waals surface area (Å²) in [6, 6.07) is 6.54. The van der Waals surface area contributed by atoms with Gasteiger partial charge in [0.15, 0.2) is 0 Å². The van der Waals surface area contributed by atoms with E-state index in [1.54, 1.807) is 13.2 Å². The predicted molar refractivity (Wildman–Crippen MR) is 115 cm³/mol. The van der Waals surface area contributed by atoms with Crippen molar-refractivity contribution >= 4 is 17.8 Å². The second-order valence-electron chi connectivity index (χ2n) is 8.75. The molecule has 8 heteroatoms. The molecular weight excluding hydrogens is 396 g/mol. The molecule has 0 radical (unpaired) electrons. The van der Waals surface area contributed by atoms with Crippen LogP contribution in [0.2, 0.25) is 0 Å². The maximum Gasteiger partial charge on any atom is 0.325 e. The summed E-state index contributed by atoms with van der Waals surface area (Å²) in [6.07, 6.45) is 6.00. The topological polar surface area (TPSA) is 91.0 Å². The molecule has 3 aliphatic heterocycles. The fourth-order valence-electron chi connectivity index (χ4n) is 5.19. The first-order valence-corrected chi connectivity index (χ1v) is 11.3. The number of nitrogens with zero attached hydrogens (tertiary/aromatic N) is 2. The Morgan fingerprint density at radius 1 is 1.16 bits per heavy atom. The zero-order valence-electron chi connectivity index (χ0n) is 18.1. The van der Waals surface area contributed by atoms with Gasteiger partial charge in [-0.25, -0.2) is 4.79 Å². The molecular formula is C23H32N4O4. The number of fused-ring (bicyclic) bond motifs is 1. The molecule has 3 saturated heterocycles. The average molecular weight is 429 g/mol. The van der Waals surface area contributed by atoms with E-state index in [0.717, 1.165) is 16.9 Å². The summed E-state index contributed by atoms with van der Waals surface area (Å²) in [5.41, 5.74) is 0.743. The minimum absolute atomic E-state index is 0.0336. The molecule has 3 atom stereocenters. The third-order valence-corrected chi connectivity index (χ3v) is 6.81. The molecule has 1 aromatic carbocycles. The molecule has 3 fully saturated rings. The smallest absolute Gasteiger partial charge is 0.325 e. The maximum atomic E-state index is 12.8. The number of carbonyl (C=O) groups excluding carboxylic acids is 3. The number of piperidine rings is 2. The fraction of sp³-hybridized carbons (Fsp3) is 0.609. The van der Waals surface area contributed by atoms with Crippen molar-refractivity contribution in [2.75, 3.05) is 26.7 Å². The van der Waals surface area contributed by atoms with Crippen LogP contribution in [0.25, 0.3) is 0 Å². The van der Waals surface area contributed by atoms with Gasteiger partial charge in [-0.05, 0) is 50.8 Å². The van der Waals surface area contributed by atoms with Gasteiger partial charge in [-0.1, -0.05) is 24.6 Å². The normalized spacial score (nSPS) is 26.4. The third-order valence-electron chi connectivity index (χ3n) is 6.81. The number of hydrogen-bond acceptors (Lipinski definition) is 5. The van der Waals surface area contributed by atoms with Gasteiger partial charge in [-0.3, -0.25) is 14.5 Å². The fourth-order valence-corrected chi connectivity index (χ4v) is 5.19. The van der Waals surface area contributed by atoms with Gasteiger partial charge >= 0.3 is 6.03 Å². The molecule has 168 valence electrons. The maximum absolute atomic E-state index is 12.8. The number of imide groups is 1. The number of carbonyl (C=O) groups is 3. The third kappa shape index (κ3) is 4.84. The highest BCUT2D eigenvalue weighted by Gasteiger charge is 2.39. The number of rotatable bonds is 7. The molecule has 1 aromatic rings. The van der Waals surface area contributed by atoms with E-state index in [0.29, 0.717) is 24.3 Å². The number of para-hydroxylation sites is 1. The number of benzene rings is 1. The lowest BCUT2D eigenvalue weighted by Gasteiger charge is -2.44. The largest absolute Gasteiger partial charge is 0.496 e. The van der Waals surface area contributed by atoms with Crippen LogP contribution in [-0.4, -0.2) is 66.5 Å². The van der Waals surface area contributed by atoms with Crippen molar-refractivity contribution < 1.29 is 19.1 Å². The van der Waals surface area contributed by atoms with Crippen LogP contribution in [0.5, 0.6) is 5.75 Å². The Kier molecular flexibility index (Phi) is 6.75. The van der Waals surface area contributed by atoms with Crippen molar-refractivity contribution in [2.24, 2.45) is 5.92 Å². The number of amides is 4. The number of urea groups is 1. The van der Waals surface area contributed by atoms with E-state index in [4.69, 9.17) is 4.74 Å². The Hall–Kier alpha value is -2.61. The van der Waals surface area contributed by atoms with Crippen LogP contribution in [0, 0.1) is 5.92 Å². The zero-order valence-corrected chi connectivity index (χ0v) is 18.1. The van der Waals surface area contributed by atoms with Crippen LogP contribution in [-0.2, 0) is 16.1 Å². The van der Waals surface area contributed by atoms with Gasteiger partial charge in [0.1, 0.15) is 11.8 Å². The number of nitrogens with one attached hydrogen (secondary N) is 2. The summed E-state index contributed by atoms with van der Waals surface area (Å²) in [7, 11) is 1.55. The molecule has 3 aliphatic rings. The van der Waals surface area contributed by atoms with E-state index < -0.39 is 12.1 Å². The highest BCUT2D eigenvalue weighted by Crippen LogP contribution is 2.30. The van der Waals surface area contributed by atoms with Crippen LogP contribution >= 0.6 is 0 Å². The van der Waals surface area contributed by atoms with Crippen molar-refractivity contribution in [3.8, 4) is 5.75 Å². The minimum Gasteiger partial charge on any atom is -0.496 e. The van der Waals surface area contributed by atoms with Gasteiger partial charge in [0.05, 0.1) is 20.1 Å². The molecule has 4 rings (SSSR count). The Bertz CT molecular complexity index is 828. The SMILES string of the molecule is COc1ccccc1CN1C(=O)NC(CC(=O)NC[C@@H]2CCCN3CCCC[C@H]23)C1=O. The van der Waals surface area contributed by atoms with Crippen LogP contribution in [0.1, 0.15) is 44.1 Å². The molecule has 0 saturated carbocycles. The lowest BCUT2D eigenvalue weighted by atomic mass is 9.83. The average Bonchev–Trinajstić information content (AvgIpc) is 3.05. The molecule has 3 heterocycles. The van der Waals surface area contributed by atoms with E-state index >= 15 is 0 Å². The molecule has 31 heavy (non-hydrogen) atoms. The number of ether oxygens (including phenoxy) is 1. The quantitative estimate of drug-likeness (QED) is 0.647. The van der Waals surface area contributed by atoms with Crippen molar-refractivity contribution in [3.63, 3.8) is 0 Å². The first-order chi connectivity index (χ1) is 15.1. The van der Waals surface area contributed by atoms with Crippen LogP contribution in [0.3, 0.4) is 0 Å². The zero-order chi connectivity index (χ0) is 21.8. The Labute approximate surface area is 183 Å². The predicted octanol–water partition coefficient (Wildman–Crippen LogP) is 1.89. The molecule has 0 aromatic heterocycles. The van der Waals surface area contributed by atoms with Gasteiger partial charge < -0.3 is 20.3 Å². The van der Waals surface area contributed by atoms with Gasteiger partial charge in [-0.2, -0.15) is 0 Å². The summed E-state index contributed by atoms with van der Waals surface area (Å²) in [5.74, 6) is 0.523. The molecule has 0 aliphatic carbocycles. The van der Waals surface area contributed by atoms with E-state index in [2.05, 4.69) is 15.5 Å². The summed E-state index contributed by atoms with van der Waals surface area (Å²) in [6.45, 7) is 3.09. The highest BCUT2D eigenvalue weighted by molar-refractivity contribution is 6.05. The molecule has 2 N–H and O–H groups in total. The highest BCUT2D eigenvalue weighted by atomic mass is 16.5. The van der Waals surface area contributed by atoms with Gasteiger partial charge in [0, 0.05) is 18.2 Å². The Morgan fingerprint density at radius 3 is 2.81 bits per heavy atom. The first-order valence-electron chi connectivity index (χ1n) is 11.3. The van der Waals surface area contributed by atoms with Crippen molar-refractivity contribution in [2.45, 2.75) is 57.2 Å². The van der Waals surface area contributed by atoms with Crippen LogP contribution in [0.15, 0.2) is 24.3 Å². The van der Waals surface area contributed by atoms with Crippen molar-refractivity contribution in [3.05, 3.63) is 29.8 Å². The van der Waals surface area contributed by atoms with E-state index in [9.17, 15) is 14.4 Å². The lowest BCUT2D eigenvalue weighted by Crippen LogP contribution is -2.51.